The van der Waals surface area contributed by atoms with Crippen LogP contribution in [0.3, 0.4) is 0 Å². The van der Waals surface area contributed by atoms with Gasteiger partial charge < -0.3 is 14.2 Å². The zero-order chi connectivity index (χ0) is 13.2. The number of rotatable bonds is 2. The van der Waals surface area contributed by atoms with Crippen molar-refractivity contribution < 1.29 is 14.2 Å². The number of ether oxygens (including phenoxy) is 3. The summed E-state index contributed by atoms with van der Waals surface area (Å²) >= 11 is 0. The van der Waals surface area contributed by atoms with Crippen molar-refractivity contribution >= 4 is 0 Å². The molecule has 0 atom stereocenters. The molecule has 0 spiro atoms. The van der Waals surface area contributed by atoms with E-state index in [1.165, 1.54) is 0 Å². The Bertz CT molecular complexity index is 665. The lowest BCUT2D eigenvalue weighted by atomic mass is 10.1. The second-order valence-corrected chi connectivity index (χ2v) is 4.21. The number of hydrogen-bond acceptors (Lipinski definition) is 4. The topological polar surface area (TPSA) is 51.5 Å². The molecule has 0 fully saturated rings. The van der Waals surface area contributed by atoms with E-state index in [9.17, 15) is 0 Å². The van der Waals surface area contributed by atoms with Gasteiger partial charge in [0.1, 0.15) is 11.5 Å². The molecule has 4 nitrogen and oxygen atoms in total. The summed E-state index contributed by atoms with van der Waals surface area (Å²) in [7, 11) is 0. The highest BCUT2D eigenvalue weighted by Gasteiger charge is 2.14. The maximum Gasteiger partial charge on any atom is 0.231 e. The minimum atomic E-state index is 0.245. The fourth-order valence-corrected chi connectivity index (χ4v) is 1.90. The van der Waals surface area contributed by atoms with Gasteiger partial charge >= 0.3 is 0 Å². The predicted octanol–water partition coefficient (Wildman–Crippen LogP) is 3.39. The van der Waals surface area contributed by atoms with Crippen LogP contribution in [0.5, 0.6) is 23.0 Å². The zero-order valence-corrected chi connectivity index (χ0v) is 10.3. The van der Waals surface area contributed by atoms with Crippen LogP contribution in [0.4, 0.5) is 0 Å². The summed E-state index contributed by atoms with van der Waals surface area (Å²) in [6.45, 7) is 2.12. The lowest BCUT2D eigenvalue weighted by Gasteiger charge is -2.07. The summed E-state index contributed by atoms with van der Waals surface area (Å²) in [6.07, 6.45) is 0. The molecule has 0 unspecified atom stereocenters. The van der Waals surface area contributed by atoms with Gasteiger partial charge in [-0.05, 0) is 42.8 Å². The van der Waals surface area contributed by atoms with Gasteiger partial charge in [-0.25, -0.2) is 0 Å². The van der Waals surface area contributed by atoms with E-state index in [-0.39, 0.29) is 6.79 Å². The Hall–Kier alpha value is -2.67. The second kappa shape index (κ2) is 4.54. The third kappa shape index (κ3) is 2.18. The first-order chi connectivity index (χ1) is 9.26. The van der Waals surface area contributed by atoms with Crippen LogP contribution in [0.2, 0.25) is 0 Å². The Morgan fingerprint density at radius 1 is 1.05 bits per heavy atom. The molecule has 1 heterocycles. The van der Waals surface area contributed by atoms with E-state index in [2.05, 4.69) is 6.07 Å². The maximum atomic E-state index is 8.88. The van der Waals surface area contributed by atoms with Crippen LogP contribution in [0.1, 0.15) is 11.1 Å². The molecule has 1 aliphatic rings. The minimum Gasteiger partial charge on any atom is -0.457 e. The molecule has 0 bridgehead atoms. The van der Waals surface area contributed by atoms with E-state index in [1.54, 1.807) is 18.2 Å². The molecule has 0 radical (unpaired) electrons. The van der Waals surface area contributed by atoms with Crippen LogP contribution in [0.25, 0.3) is 0 Å². The van der Waals surface area contributed by atoms with Crippen LogP contribution in [0.15, 0.2) is 36.4 Å². The first-order valence-electron chi connectivity index (χ1n) is 5.84. The lowest BCUT2D eigenvalue weighted by molar-refractivity contribution is 0.174. The van der Waals surface area contributed by atoms with Gasteiger partial charge in [-0.2, -0.15) is 5.26 Å². The average molecular weight is 253 g/mol. The van der Waals surface area contributed by atoms with Gasteiger partial charge in [0.15, 0.2) is 11.5 Å². The molecule has 0 amide bonds. The number of aryl methyl sites for hydroxylation is 1. The second-order valence-electron chi connectivity index (χ2n) is 4.21. The van der Waals surface area contributed by atoms with Gasteiger partial charge in [-0.3, -0.25) is 0 Å². The molecule has 2 aromatic rings. The molecule has 94 valence electrons. The number of nitrogens with zero attached hydrogens (tertiary/aromatic N) is 1. The van der Waals surface area contributed by atoms with Crippen LogP contribution < -0.4 is 14.2 Å². The van der Waals surface area contributed by atoms with E-state index in [1.807, 2.05) is 25.1 Å². The standard InChI is InChI=1S/C15H11NO3/c1-10-6-12(3-2-11(10)8-16)19-13-4-5-14-15(7-13)18-9-17-14/h2-7H,9H2,1H3. The monoisotopic (exact) mass is 253 g/mol. The molecular weight excluding hydrogens is 242 g/mol. The number of benzene rings is 2. The Balaban J connectivity index is 1.85. The van der Waals surface area contributed by atoms with Crippen molar-refractivity contribution in [3.05, 3.63) is 47.5 Å². The smallest absolute Gasteiger partial charge is 0.231 e. The summed E-state index contributed by atoms with van der Waals surface area (Å²) in [6, 6.07) is 12.9. The number of nitriles is 1. The van der Waals surface area contributed by atoms with Gasteiger partial charge in [0.2, 0.25) is 6.79 Å². The van der Waals surface area contributed by atoms with Crippen LogP contribution in [-0.2, 0) is 0 Å². The van der Waals surface area contributed by atoms with Gasteiger partial charge in [-0.1, -0.05) is 0 Å². The quantitative estimate of drug-likeness (QED) is 0.823. The summed E-state index contributed by atoms with van der Waals surface area (Å²) in [5.74, 6) is 2.77. The van der Waals surface area contributed by atoms with Crippen molar-refractivity contribution in [2.75, 3.05) is 6.79 Å². The predicted molar refractivity (Wildman–Crippen MR) is 68.5 cm³/mol. The average Bonchev–Trinajstić information content (AvgIpc) is 2.86. The summed E-state index contributed by atoms with van der Waals surface area (Å²) < 4.78 is 16.3. The molecule has 19 heavy (non-hydrogen) atoms. The summed E-state index contributed by atoms with van der Waals surface area (Å²) in [5.41, 5.74) is 1.54. The van der Waals surface area contributed by atoms with Crippen LogP contribution in [0, 0.1) is 18.3 Å². The highest BCUT2D eigenvalue weighted by Crippen LogP contribution is 2.36. The first-order valence-corrected chi connectivity index (χ1v) is 5.84. The van der Waals surface area contributed by atoms with Gasteiger partial charge in [0.25, 0.3) is 0 Å². The van der Waals surface area contributed by atoms with Crippen LogP contribution in [-0.4, -0.2) is 6.79 Å². The van der Waals surface area contributed by atoms with Crippen molar-refractivity contribution in [2.45, 2.75) is 6.92 Å². The molecule has 4 heteroatoms. The van der Waals surface area contributed by atoms with E-state index in [0.717, 1.165) is 11.3 Å². The molecular formula is C15H11NO3. The van der Waals surface area contributed by atoms with Crippen molar-refractivity contribution in [1.29, 1.82) is 5.26 Å². The minimum absolute atomic E-state index is 0.245. The third-order valence-electron chi connectivity index (χ3n) is 2.90. The molecule has 3 rings (SSSR count). The van der Waals surface area contributed by atoms with Crippen molar-refractivity contribution in [3.63, 3.8) is 0 Å². The SMILES string of the molecule is Cc1cc(Oc2ccc3c(c2)OCO3)ccc1C#N. The normalized spacial score (nSPS) is 12.0. The van der Waals surface area contributed by atoms with Gasteiger partial charge in [0.05, 0.1) is 11.6 Å². The Morgan fingerprint density at radius 3 is 2.58 bits per heavy atom. The maximum absolute atomic E-state index is 8.88. The molecule has 0 N–H and O–H groups in total. The fraction of sp³-hybridized carbons (Fsp3) is 0.133. The zero-order valence-electron chi connectivity index (χ0n) is 10.3. The van der Waals surface area contributed by atoms with Gasteiger partial charge in [-0.15, -0.1) is 0 Å². The van der Waals surface area contributed by atoms with E-state index < -0.39 is 0 Å². The molecule has 0 saturated carbocycles. The summed E-state index contributed by atoms with van der Waals surface area (Å²) in [4.78, 5) is 0. The Labute approximate surface area is 110 Å². The molecule has 1 aliphatic heterocycles. The van der Waals surface area contributed by atoms with E-state index in [4.69, 9.17) is 19.5 Å². The molecule has 0 saturated heterocycles. The van der Waals surface area contributed by atoms with Crippen molar-refractivity contribution in [2.24, 2.45) is 0 Å². The molecule has 0 aliphatic carbocycles. The molecule has 2 aromatic carbocycles. The largest absolute Gasteiger partial charge is 0.457 e. The third-order valence-corrected chi connectivity index (χ3v) is 2.90. The lowest BCUT2D eigenvalue weighted by Crippen LogP contribution is -1.92. The highest BCUT2D eigenvalue weighted by atomic mass is 16.7. The number of fused-ring (bicyclic) bond motifs is 1. The van der Waals surface area contributed by atoms with Crippen molar-refractivity contribution in [3.8, 4) is 29.1 Å². The van der Waals surface area contributed by atoms with Gasteiger partial charge in [0, 0.05) is 6.07 Å². The highest BCUT2D eigenvalue weighted by molar-refractivity contribution is 5.49. The van der Waals surface area contributed by atoms with Crippen LogP contribution >= 0.6 is 0 Å². The molecule has 0 aromatic heterocycles. The Kier molecular flexibility index (Phi) is 2.73. The fourth-order valence-electron chi connectivity index (χ4n) is 1.90. The summed E-state index contributed by atoms with van der Waals surface area (Å²) in [5, 5.41) is 8.88. The first kappa shape index (κ1) is 11.4. The van der Waals surface area contributed by atoms with E-state index >= 15 is 0 Å². The van der Waals surface area contributed by atoms with Crippen molar-refractivity contribution in [1.82, 2.24) is 0 Å². The number of hydrogen-bond donors (Lipinski definition) is 0. The van der Waals surface area contributed by atoms with E-state index in [0.29, 0.717) is 22.8 Å². The Morgan fingerprint density at radius 2 is 1.79 bits per heavy atom.